The number of ether oxygens (including phenoxy) is 4. The third kappa shape index (κ3) is 6.70. The van der Waals surface area contributed by atoms with Gasteiger partial charge in [-0.1, -0.05) is 29.5 Å². The van der Waals surface area contributed by atoms with Gasteiger partial charge in [-0.2, -0.15) is 0 Å². The Kier molecular flexibility index (Phi) is 10.5. The van der Waals surface area contributed by atoms with Gasteiger partial charge in [-0.05, 0) is 84.7 Å². The Morgan fingerprint density at radius 1 is 1.04 bits per heavy atom. The number of thiazole rings is 1. The highest BCUT2D eigenvalue weighted by molar-refractivity contribution is 9.10. The van der Waals surface area contributed by atoms with Crippen LogP contribution in [0.4, 0.5) is 4.39 Å². The van der Waals surface area contributed by atoms with Crippen molar-refractivity contribution < 1.29 is 28.1 Å². The van der Waals surface area contributed by atoms with E-state index in [1.165, 1.54) is 24.5 Å². The lowest BCUT2D eigenvalue weighted by Crippen LogP contribution is -2.43. The Morgan fingerprint density at radius 3 is 2.43 bits per heavy atom. The monoisotopic (exact) mass is 723 g/mol. The lowest BCUT2D eigenvalue weighted by molar-refractivity contribution is -0.127. The topological polar surface area (TPSA) is 91.6 Å². The van der Waals surface area contributed by atoms with Gasteiger partial charge < -0.3 is 23.8 Å². The molecule has 0 bridgehead atoms. The fraction of sp³-hybridized carbons (Fsp3) is 0.286. The summed E-state index contributed by atoms with van der Waals surface area (Å²) in [5.74, 6) is 1.29. The molecule has 0 N–H and O–H groups in total. The minimum absolute atomic E-state index is 0.00120. The van der Waals surface area contributed by atoms with Gasteiger partial charge in [0.05, 0.1) is 41.6 Å². The van der Waals surface area contributed by atoms with E-state index in [0.29, 0.717) is 77.9 Å². The number of rotatable bonds is 11. The van der Waals surface area contributed by atoms with E-state index in [2.05, 4.69) is 15.9 Å². The van der Waals surface area contributed by atoms with Gasteiger partial charge >= 0.3 is 0 Å². The van der Waals surface area contributed by atoms with E-state index >= 15 is 0 Å². The second-order valence-corrected chi connectivity index (χ2v) is 12.4. The molecule has 5 rings (SSSR count). The smallest absolute Gasteiger partial charge is 0.271 e. The normalized spacial score (nSPS) is 14.4. The van der Waals surface area contributed by atoms with Crippen molar-refractivity contribution in [1.82, 2.24) is 9.47 Å². The van der Waals surface area contributed by atoms with E-state index in [0.717, 1.165) is 0 Å². The Hall–Kier alpha value is -4.42. The van der Waals surface area contributed by atoms with Crippen LogP contribution >= 0.6 is 27.3 Å². The number of carbonyl (C=O) groups is 1. The molecule has 47 heavy (non-hydrogen) atoms. The molecule has 4 aromatic rings. The number of halogens is 2. The number of hydrogen-bond donors (Lipinski definition) is 0. The molecule has 0 unspecified atom stereocenters. The number of allylic oxidation sites excluding steroid dienone is 1. The van der Waals surface area contributed by atoms with Crippen LogP contribution < -0.4 is 33.8 Å². The second kappa shape index (κ2) is 14.6. The fourth-order valence-corrected chi connectivity index (χ4v) is 7.12. The van der Waals surface area contributed by atoms with Gasteiger partial charge in [0.25, 0.3) is 11.5 Å². The fourth-order valence-electron chi connectivity index (χ4n) is 5.50. The Bertz CT molecular complexity index is 2040. The number of carbonyl (C=O) groups excluding carboxylic acids is 1. The van der Waals surface area contributed by atoms with Crippen LogP contribution in [0.3, 0.4) is 0 Å². The first-order chi connectivity index (χ1) is 22.6. The summed E-state index contributed by atoms with van der Waals surface area (Å²) in [6, 6.07) is 14.4. The maximum Gasteiger partial charge on any atom is 0.271 e. The predicted octanol–water partition coefficient (Wildman–Crippen LogP) is 5.61. The average molecular weight is 725 g/mol. The first-order valence-electron chi connectivity index (χ1n) is 14.9. The third-order valence-electron chi connectivity index (χ3n) is 7.91. The first-order valence-corrected chi connectivity index (χ1v) is 16.5. The van der Waals surface area contributed by atoms with Gasteiger partial charge in [-0.15, -0.1) is 0 Å². The molecule has 1 amide bonds. The van der Waals surface area contributed by atoms with Crippen molar-refractivity contribution in [2.45, 2.75) is 33.4 Å². The van der Waals surface area contributed by atoms with Crippen LogP contribution in [0.25, 0.3) is 6.08 Å². The second-order valence-electron chi connectivity index (χ2n) is 10.6. The Labute approximate surface area is 284 Å². The van der Waals surface area contributed by atoms with Gasteiger partial charge in [0.2, 0.25) is 0 Å². The molecule has 2 heterocycles. The number of fused-ring (bicyclic) bond motifs is 1. The SMILES string of the molecule is CCN(CC)C(=O)C1=C(C)N=c2s/c(=C/c3cc(Br)c(OCc4ccccc4F)c(OC)c3)c(=O)n2[C@@H]1c1cc(OC)ccc1OC. The number of methoxy groups -OCH3 is 3. The molecule has 1 aromatic heterocycles. The molecule has 0 saturated heterocycles. The lowest BCUT2D eigenvalue weighted by Gasteiger charge is -2.30. The van der Waals surface area contributed by atoms with Gasteiger partial charge in [0.15, 0.2) is 16.3 Å². The van der Waals surface area contributed by atoms with Crippen LogP contribution in [0.2, 0.25) is 0 Å². The molecule has 1 atom stereocenters. The maximum atomic E-state index is 14.3. The van der Waals surface area contributed by atoms with Crippen molar-refractivity contribution in [3.8, 4) is 23.0 Å². The summed E-state index contributed by atoms with van der Waals surface area (Å²) in [4.78, 5) is 35.2. The van der Waals surface area contributed by atoms with Crippen LogP contribution in [0.1, 0.15) is 43.5 Å². The van der Waals surface area contributed by atoms with Gasteiger partial charge in [0, 0.05) is 24.2 Å². The largest absolute Gasteiger partial charge is 0.497 e. The number of likely N-dealkylation sites (N-methyl/N-ethyl adjacent to an activating group) is 1. The molecule has 1 aliphatic rings. The maximum absolute atomic E-state index is 14.3. The van der Waals surface area contributed by atoms with E-state index in [9.17, 15) is 14.0 Å². The zero-order valence-corrected chi connectivity index (χ0v) is 29.3. The molecule has 9 nitrogen and oxygen atoms in total. The van der Waals surface area contributed by atoms with Crippen LogP contribution in [0.5, 0.6) is 23.0 Å². The minimum Gasteiger partial charge on any atom is -0.497 e. The van der Waals surface area contributed by atoms with E-state index < -0.39 is 6.04 Å². The van der Waals surface area contributed by atoms with Crippen molar-refractivity contribution in [3.63, 3.8) is 0 Å². The minimum atomic E-state index is -0.818. The van der Waals surface area contributed by atoms with E-state index in [4.69, 9.17) is 23.9 Å². The molecule has 3 aromatic carbocycles. The third-order valence-corrected chi connectivity index (χ3v) is 9.49. The zero-order valence-electron chi connectivity index (χ0n) is 26.9. The van der Waals surface area contributed by atoms with Crippen molar-refractivity contribution in [2.75, 3.05) is 34.4 Å². The van der Waals surface area contributed by atoms with Crippen molar-refractivity contribution >= 4 is 39.2 Å². The first kappa shape index (κ1) is 33.9. The van der Waals surface area contributed by atoms with Crippen LogP contribution in [-0.2, 0) is 11.4 Å². The van der Waals surface area contributed by atoms with Crippen LogP contribution in [0, 0.1) is 5.82 Å². The van der Waals surface area contributed by atoms with Gasteiger partial charge in [0.1, 0.15) is 30.0 Å². The van der Waals surface area contributed by atoms with Crippen molar-refractivity contribution in [2.24, 2.45) is 4.99 Å². The predicted molar refractivity (Wildman–Crippen MR) is 183 cm³/mol. The van der Waals surface area contributed by atoms with Crippen molar-refractivity contribution in [3.05, 3.63) is 113 Å². The highest BCUT2D eigenvalue weighted by Gasteiger charge is 2.36. The molecule has 0 saturated carbocycles. The van der Waals surface area contributed by atoms with Crippen molar-refractivity contribution in [1.29, 1.82) is 0 Å². The summed E-state index contributed by atoms with van der Waals surface area (Å²) in [5, 5.41) is 0. The van der Waals surface area contributed by atoms with E-state index in [1.807, 2.05) is 13.8 Å². The molecule has 0 radical (unpaired) electrons. The number of amides is 1. The molecule has 246 valence electrons. The molecule has 0 fully saturated rings. The standard InChI is InChI=1S/C35H35BrFN3O6S/c1-7-39(8-2)34(42)30-20(3)38-35-40(31(30)24-18-23(43-4)13-14-27(24)44-5)33(41)29(47-35)17-21-15-25(36)32(28(16-21)45-6)46-19-22-11-9-10-12-26(22)37/h9-18,31H,7-8,19H2,1-6H3/b29-17+/t31-/m1/s1. The van der Waals surface area contributed by atoms with Gasteiger partial charge in [-0.3, -0.25) is 14.2 Å². The quantitative estimate of drug-likeness (QED) is 0.200. The number of nitrogens with zero attached hydrogens (tertiary/aromatic N) is 3. The molecule has 0 aliphatic carbocycles. The molecular formula is C35H35BrFN3O6S. The lowest BCUT2D eigenvalue weighted by atomic mass is 9.93. The van der Waals surface area contributed by atoms with Crippen LogP contribution in [0.15, 0.2) is 80.1 Å². The highest BCUT2D eigenvalue weighted by atomic mass is 79.9. The average Bonchev–Trinajstić information content (AvgIpc) is 3.37. The highest BCUT2D eigenvalue weighted by Crippen LogP contribution is 2.39. The molecule has 0 spiro atoms. The summed E-state index contributed by atoms with van der Waals surface area (Å²) < 4.78 is 39.5. The molecule has 1 aliphatic heterocycles. The van der Waals surface area contributed by atoms with Gasteiger partial charge in [-0.25, -0.2) is 9.38 Å². The summed E-state index contributed by atoms with van der Waals surface area (Å²) in [7, 11) is 4.61. The van der Waals surface area contributed by atoms with E-state index in [-0.39, 0.29) is 23.9 Å². The number of aromatic nitrogens is 1. The Balaban J connectivity index is 1.65. The summed E-state index contributed by atoms with van der Waals surface area (Å²) >= 11 is 4.77. The zero-order chi connectivity index (χ0) is 33.8. The van der Waals surface area contributed by atoms with Crippen LogP contribution in [-0.4, -0.2) is 49.8 Å². The number of hydrogen-bond acceptors (Lipinski definition) is 8. The molecular weight excluding hydrogens is 689 g/mol. The van der Waals surface area contributed by atoms with E-state index in [1.54, 1.807) is 85.2 Å². The Morgan fingerprint density at radius 2 is 1.77 bits per heavy atom. The molecule has 12 heteroatoms. The number of benzene rings is 3. The summed E-state index contributed by atoms with van der Waals surface area (Å²) in [6.45, 7) is 6.60. The summed E-state index contributed by atoms with van der Waals surface area (Å²) in [5.41, 5.74) is 2.25. The summed E-state index contributed by atoms with van der Waals surface area (Å²) in [6.07, 6.45) is 1.74.